The minimum Gasteiger partial charge on any atom is -0.342 e. The van der Waals surface area contributed by atoms with Crippen molar-refractivity contribution in [2.45, 2.75) is 13.0 Å². The van der Waals surface area contributed by atoms with E-state index in [1.165, 1.54) is 4.52 Å². The molecule has 23 heavy (non-hydrogen) atoms. The van der Waals surface area contributed by atoms with Gasteiger partial charge in [-0.05, 0) is 41.6 Å². The van der Waals surface area contributed by atoms with Gasteiger partial charge in [-0.1, -0.05) is 6.07 Å². The fourth-order valence-electron chi connectivity index (χ4n) is 2.38. The van der Waals surface area contributed by atoms with Crippen LogP contribution in [-0.4, -0.2) is 40.5 Å². The molecule has 1 atom stereocenters. The molecule has 9 nitrogen and oxygen atoms in total. The summed E-state index contributed by atoms with van der Waals surface area (Å²) in [6.07, 6.45) is 3.50. The van der Waals surface area contributed by atoms with Gasteiger partial charge in [-0.2, -0.15) is 0 Å². The lowest BCUT2D eigenvalue weighted by Crippen LogP contribution is -2.28. The second kappa shape index (κ2) is 5.13. The van der Waals surface area contributed by atoms with Gasteiger partial charge in [0.2, 0.25) is 0 Å². The van der Waals surface area contributed by atoms with Crippen LogP contribution < -0.4 is 5.32 Å². The number of carbonyl (C=O) groups is 1. The van der Waals surface area contributed by atoms with Crippen molar-refractivity contribution in [2.24, 2.45) is 0 Å². The van der Waals surface area contributed by atoms with Crippen molar-refractivity contribution in [1.82, 2.24) is 40.0 Å². The Labute approximate surface area is 130 Å². The van der Waals surface area contributed by atoms with Gasteiger partial charge < -0.3 is 5.32 Å². The first-order valence-electron chi connectivity index (χ1n) is 7.00. The lowest BCUT2D eigenvalue weighted by atomic mass is 10.2. The number of amides is 1. The smallest absolute Gasteiger partial charge is 0.252 e. The standard InChI is InChI=1S/C14H12N8O/c1-9(13-18-16-11-4-2-3-6-21(11)13)15-14(23)10-5-7-22-12(8-10)17-19-20-22/h2-9H,1H3,(H,15,23)/t9-/m1/s1. The van der Waals surface area contributed by atoms with E-state index >= 15 is 0 Å². The zero-order chi connectivity index (χ0) is 15.8. The van der Waals surface area contributed by atoms with E-state index in [9.17, 15) is 4.79 Å². The van der Waals surface area contributed by atoms with Gasteiger partial charge >= 0.3 is 0 Å². The van der Waals surface area contributed by atoms with E-state index in [-0.39, 0.29) is 11.9 Å². The number of hydrogen-bond acceptors (Lipinski definition) is 6. The molecule has 4 aromatic heterocycles. The minimum atomic E-state index is -0.299. The number of nitrogens with one attached hydrogen (secondary N) is 1. The average Bonchev–Trinajstić information content (AvgIpc) is 3.20. The molecule has 4 aromatic rings. The molecule has 0 radical (unpaired) electrons. The van der Waals surface area contributed by atoms with Crippen molar-refractivity contribution in [3.05, 3.63) is 54.1 Å². The van der Waals surface area contributed by atoms with Crippen molar-refractivity contribution in [2.75, 3.05) is 0 Å². The highest BCUT2D eigenvalue weighted by Gasteiger charge is 2.17. The van der Waals surface area contributed by atoms with Crippen molar-refractivity contribution in [1.29, 1.82) is 0 Å². The van der Waals surface area contributed by atoms with Gasteiger partial charge in [-0.25, -0.2) is 4.52 Å². The summed E-state index contributed by atoms with van der Waals surface area (Å²) in [4.78, 5) is 12.4. The first-order valence-corrected chi connectivity index (χ1v) is 7.00. The number of carbonyl (C=O) groups excluding carboxylic acids is 1. The molecule has 0 saturated heterocycles. The quantitative estimate of drug-likeness (QED) is 0.596. The Kier molecular flexibility index (Phi) is 2.97. The van der Waals surface area contributed by atoms with E-state index in [1.807, 2.05) is 35.7 Å². The molecule has 1 amide bonds. The second-order valence-corrected chi connectivity index (χ2v) is 5.08. The fourth-order valence-corrected chi connectivity index (χ4v) is 2.38. The highest BCUT2D eigenvalue weighted by atomic mass is 16.1. The van der Waals surface area contributed by atoms with Crippen molar-refractivity contribution in [3.63, 3.8) is 0 Å². The van der Waals surface area contributed by atoms with E-state index in [1.54, 1.807) is 18.3 Å². The maximum Gasteiger partial charge on any atom is 0.252 e. The predicted octanol–water partition coefficient (Wildman–Crippen LogP) is 0.658. The third-order valence-electron chi connectivity index (χ3n) is 3.54. The Hall–Kier alpha value is -3.36. The summed E-state index contributed by atoms with van der Waals surface area (Å²) in [6, 6.07) is 8.63. The fraction of sp³-hybridized carbons (Fsp3) is 0.143. The monoisotopic (exact) mass is 308 g/mol. The maximum atomic E-state index is 12.4. The zero-order valence-corrected chi connectivity index (χ0v) is 12.2. The molecule has 0 aliphatic rings. The summed E-state index contributed by atoms with van der Waals surface area (Å²) in [5.74, 6) is 0.440. The molecule has 0 aliphatic heterocycles. The van der Waals surface area contributed by atoms with Crippen LogP contribution in [0.1, 0.15) is 29.1 Å². The number of hydrogen-bond donors (Lipinski definition) is 1. The van der Waals surface area contributed by atoms with Gasteiger partial charge in [0.05, 0.1) is 6.04 Å². The zero-order valence-electron chi connectivity index (χ0n) is 12.2. The van der Waals surface area contributed by atoms with Crippen molar-refractivity contribution in [3.8, 4) is 0 Å². The molecular formula is C14H12N8O. The van der Waals surface area contributed by atoms with Crippen molar-refractivity contribution >= 4 is 17.2 Å². The maximum absolute atomic E-state index is 12.4. The number of rotatable bonds is 3. The minimum absolute atomic E-state index is 0.226. The van der Waals surface area contributed by atoms with Gasteiger partial charge in [0.25, 0.3) is 5.91 Å². The van der Waals surface area contributed by atoms with Crippen LogP contribution >= 0.6 is 0 Å². The SMILES string of the molecule is C[C@@H](NC(=O)c1ccn2nnnc2c1)c1nnc2ccccn12. The Morgan fingerprint density at radius 1 is 1.13 bits per heavy atom. The number of pyridine rings is 2. The Bertz CT molecular complexity index is 1000. The van der Waals surface area contributed by atoms with Gasteiger partial charge in [-0.3, -0.25) is 9.20 Å². The molecule has 4 rings (SSSR count). The van der Waals surface area contributed by atoms with E-state index in [4.69, 9.17) is 0 Å². The van der Waals surface area contributed by atoms with Gasteiger partial charge in [-0.15, -0.1) is 15.3 Å². The number of aromatic nitrogens is 7. The Balaban J connectivity index is 1.60. The Morgan fingerprint density at radius 2 is 2.04 bits per heavy atom. The van der Waals surface area contributed by atoms with Crippen LogP contribution in [0.3, 0.4) is 0 Å². The van der Waals surface area contributed by atoms with E-state index in [0.717, 1.165) is 5.65 Å². The summed E-state index contributed by atoms with van der Waals surface area (Å²) >= 11 is 0. The second-order valence-electron chi connectivity index (χ2n) is 5.08. The molecule has 0 bridgehead atoms. The number of tetrazole rings is 1. The molecule has 0 spiro atoms. The summed E-state index contributed by atoms with van der Waals surface area (Å²) < 4.78 is 3.34. The average molecular weight is 308 g/mol. The van der Waals surface area contributed by atoms with Gasteiger partial charge in [0, 0.05) is 18.0 Å². The first kappa shape index (κ1) is 13.3. The van der Waals surface area contributed by atoms with Gasteiger partial charge in [0.1, 0.15) is 0 Å². The largest absolute Gasteiger partial charge is 0.342 e. The molecule has 1 N–H and O–H groups in total. The lowest BCUT2D eigenvalue weighted by molar-refractivity contribution is 0.0938. The molecular weight excluding hydrogens is 296 g/mol. The van der Waals surface area contributed by atoms with Crippen LogP contribution in [0.15, 0.2) is 42.7 Å². The molecule has 0 aliphatic carbocycles. The molecule has 9 heteroatoms. The lowest BCUT2D eigenvalue weighted by Gasteiger charge is -2.12. The van der Waals surface area contributed by atoms with E-state index in [2.05, 4.69) is 31.0 Å². The third-order valence-corrected chi connectivity index (χ3v) is 3.54. The summed E-state index contributed by atoms with van der Waals surface area (Å²) in [7, 11) is 0. The Morgan fingerprint density at radius 3 is 2.96 bits per heavy atom. The summed E-state index contributed by atoms with van der Waals surface area (Å²) in [5.41, 5.74) is 1.73. The summed E-state index contributed by atoms with van der Waals surface area (Å²) in [5, 5.41) is 22.3. The molecule has 0 saturated carbocycles. The number of fused-ring (bicyclic) bond motifs is 2. The first-order chi connectivity index (χ1) is 11.2. The molecule has 0 aromatic carbocycles. The molecule has 114 valence electrons. The van der Waals surface area contributed by atoms with Crippen LogP contribution in [-0.2, 0) is 0 Å². The predicted molar refractivity (Wildman–Crippen MR) is 79.7 cm³/mol. The van der Waals surface area contributed by atoms with E-state index < -0.39 is 0 Å². The highest BCUT2D eigenvalue weighted by molar-refractivity contribution is 5.95. The van der Waals surface area contributed by atoms with Gasteiger partial charge in [0.15, 0.2) is 17.1 Å². The number of nitrogens with zero attached hydrogens (tertiary/aromatic N) is 7. The molecule has 0 fully saturated rings. The van der Waals surface area contributed by atoms with Crippen LogP contribution in [0.4, 0.5) is 0 Å². The van der Waals surface area contributed by atoms with E-state index in [0.29, 0.717) is 17.0 Å². The van der Waals surface area contributed by atoms with Crippen LogP contribution in [0.25, 0.3) is 11.3 Å². The normalized spacial score (nSPS) is 12.6. The van der Waals surface area contributed by atoms with Crippen LogP contribution in [0.5, 0.6) is 0 Å². The molecule has 0 unspecified atom stereocenters. The van der Waals surface area contributed by atoms with Crippen LogP contribution in [0, 0.1) is 0 Å². The molecule has 4 heterocycles. The van der Waals surface area contributed by atoms with Crippen LogP contribution in [0.2, 0.25) is 0 Å². The topological polar surface area (TPSA) is 102 Å². The van der Waals surface area contributed by atoms with Crippen molar-refractivity contribution < 1.29 is 4.79 Å². The third kappa shape index (κ3) is 2.27. The summed E-state index contributed by atoms with van der Waals surface area (Å²) in [6.45, 7) is 1.86. The highest BCUT2D eigenvalue weighted by Crippen LogP contribution is 2.13.